The van der Waals surface area contributed by atoms with Gasteiger partial charge < -0.3 is 9.47 Å². The van der Waals surface area contributed by atoms with E-state index in [9.17, 15) is 4.79 Å². The van der Waals surface area contributed by atoms with Gasteiger partial charge in [-0.15, -0.1) is 0 Å². The van der Waals surface area contributed by atoms with Crippen molar-refractivity contribution in [2.75, 3.05) is 0 Å². The second kappa shape index (κ2) is 3.42. The second-order valence-electron chi connectivity index (χ2n) is 3.51. The number of hydrogen-bond acceptors (Lipinski definition) is 3. The first-order valence-electron chi connectivity index (χ1n) is 4.64. The maximum Gasteiger partial charge on any atom is 0.341 e. The van der Waals surface area contributed by atoms with Crippen LogP contribution in [0.4, 0.5) is 0 Å². The van der Waals surface area contributed by atoms with Crippen LogP contribution in [0, 0.1) is 0 Å². The predicted molar refractivity (Wildman–Crippen MR) is 50.8 cm³/mol. The largest absolute Gasteiger partial charge is 0.428 e. The van der Waals surface area contributed by atoms with Crippen molar-refractivity contribution in [3.8, 4) is 0 Å². The standard InChI is InChI=1S/C11H12O3/c1-7(2)13-11-9-6-4-3-5-8(9)10(12)14-11/h3-7,11H,1-2H3/t11-/m0/s1. The molecule has 0 aliphatic carbocycles. The van der Waals surface area contributed by atoms with Gasteiger partial charge in [0.1, 0.15) is 0 Å². The minimum atomic E-state index is -0.529. The molecule has 1 aliphatic rings. The van der Waals surface area contributed by atoms with E-state index in [1.807, 2.05) is 32.0 Å². The molecule has 0 saturated heterocycles. The molecule has 0 fully saturated rings. The van der Waals surface area contributed by atoms with Crippen LogP contribution in [-0.4, -0.2) is 12.1 Å². The fourth-order valence-electron chi connectivity index (χ4n) is 1.46. The molecule has 0 N–H and O–H groups in total. The third-order valence-corrected chi connectivity index (χ3v) is 2.04. The van der Waals surface area contributed by atoms with Crippen LogP contribution in [0.3, 0.4) is 0 Å². The van der Waals surface area contributed by atoms with Gasteiger partial charge in [-0.2, -0.15) is 0 Å². The van der Waals surface area contributed by atoms with Gasteiger partial charge >= 0.3 is 5.97 Å². The normalized spacial score (nSPS) is 19.6. The number of hydrogen-bond donors (Lipinski definition) is 0. The molecular weight excluding hydrogens is 180 g/mol. The molecule has 0 amide bonds. The van der Waals surface area contributed by atoms with Crippen LogP contribution in [0.1, 0.15) is 36.1 Å². The maximum absolute atomic E-state index is 11.4. The Labute approximate surface area is 82.6 Å². The Morgan fingerprint density at radius 3 is 2.79 bits per heavy atom. The molecule has 3 heteroatoms. The molecule has 1 heterocycles. The molecule has 1 atom stereocenters. The highest BCUT2D eigenvalue weighted by atomic mass is 16.7. The summed E-state index contributed by atoms with van der Waals surface area (Å²) in [5.74, 6) is -0.300. The monoisotopic (exact) mass is 192 g/mol. The molecule has 0 spiro atoms. The smallest absolute Gasteiger partial charge is 0.341 e. The first kappa shape index (κ1) is 9.21. The lowest BCUT2D eigenvalue weighted by Gasteiger charge is -2.14. The summed E-state index contributed by atoms with van der Waals surface area (Å²) in [5.41, 5.74) is 1.43. The predicted octanol–water partition coefficient (Wildman–Crippen LogP) is 2.28. The third-order valence-electron chi connectivity index (χ3n) is 2.04. The lowest BCUT2D eigenvalue weighted by Crippen LogP contribution is -2.10. The molecule has 0 saturated carbocycles. The molecular formula is C11H12O3. The van der Waals surface area contributed by atoms with Crippen molar-refractivity contribution in [1.82, 2.24) is 0 Å². The molecule has 1 aliphatic heterocycles. The van der Waals surface area contributed by atoms with Crippen LogP contribution < -0.4 is 0 Å². The summed E-state index contributed by atoms with van der Waals surface area (Å²) in [7, 11) is 0. The highest BCUT2D eigenvalue weighted by molar-refractivity contribution is 5.93. The highest BCUT2D eigenvalue weighted by Crippen LogP contribution is 2.31. The number of carbonyl (C=O) groups is 1. The summed E-state index contributed by atoms with van der Waals surface area (Å²) in [4.78, 5) is 11.4. The van der Waals surface area contributed by atoms with Gasteiger partial charge in [-0.1, -0.05) is 18.2 Å². The Bertz CT molecular complexity index is 357. The molecule has 0 unspecified atom stereocenters. The average molecular weight is 192 g/mol. The molecule has 74 valence electrons. The fraction of sp³-hybridized carbons (Fsp3) is 0.364. The van der Waals surface area contributed by atoms with Gasteiger partial charge in [0, 0.05) is 5.56 Å². The molecule has 0 aromatic heterocycles. The highest BCUT2D eigenvalue weighted by Gasteiger charge is 2.31. The Kier molecular flexibility index (Phi) is 2.25. The van der Waals surface area contributed by atoms with Crippen LogP contribution in [0.2, 0.25) is 0 Å². The third kappa shape index (κ3) is 1.51. The van der Waals surface area contributed by atoms with Gasteiger partial charge in [0.15, 0.2) is 0 Å². The minimum Gasteiger partial charge on any atom is -0.428 e. The van der Waals surface area contributed by atoms with Crippen molar-refractivity contribution in [3.05, 3.63) is 35.4 Å². The number of fused-ring (bicyclic) bond motifs is 1. The van der Waals surface area contributed by atoms with Crippen molar-refractivity contribution in [1.29, 1.82) is 0 Å². The van der Waals surface area contributed by atoms with Gasteiger partial charge in [-0.05, 0) is 19.9 Å². The number of rotatable bonds is 2. The Hall–Kier alpha value is -1.35. The van der Waals surface area contributed by atoms with E-state index in [0.717, 1.165) is 5.56 Å². The van der Waals surface area contributed by atoms with Crippen LogP contribution in [0.5, 0.6) is 0 Å². The van der Waals surface area contributed by atoms with Gasteiger partial charge in [0.2, 0.25) is 6.29 Å². The summed E-state index contributed by atoms with van der Waals surface area (Å²) >= 11 is 0. The zero-order valence-electron chi connectivity index (χ0n) is 8.19. The van der Waals surface area contributed by atoms with E-state index in [1.54, 1.807) is 6.07 Å². The fourth-order valence-corrected chi connectivity index (χ4v) is 1.46. The quantitative estimate of drug-likeness (QED) is 0.674. The first-order valence-corrected chi connectivity index (χ1v) is 4.64. The summed E-state index contributed by atoms with van der Waals surface area (Å²) in [5, 5.41) is 0. The second-order valence-corrected chi connectivity index (χ2v) is 3.51. The topological polar surface area (TPSA) is 35.5 Å². The molecule has 1 aromatic carbocycles. The van der Waals surface area contributed by atoms with E-state index in [4.69, 9.17) is 9.47 Å². The molecule has 3 nitrogen and oxygen atoms in total. The molecule has 0 bridgehead atoms. The summed E-state index contributed by atoms with van der Waals surface area (Å²) in [6, 6.07) is 7.30. The van der Waals surface area contributed by atoms with Gasteiger partial charge in [-0.25, -0.2) is 4.79 Å². The van der Waals surface area contributed by atoms with Gasteiger partial charge in [-0.3, -0.25) is 0 Å². The van der Waals surface area contributed by atoms with Crippen molar-refractivity contribution < 1.29 is 14.3 Å². The van der Waals surface area contributed by atoms with Gasteiger partial charge in [0.05, 0.1) is 11.7 Å². The summed E-state index contributed by atoms with van der Waals surface area (Å²) in [6.45, 7) is 3.82. The van der Waals surface area contributed by atoms with E-state index < -0.39 is 6.29 Å². The number of ether oxygens (including phenoxy) is 2. The van der Waals surface area contributed by atoms with E-state index >= 15 is 0 Å². The summed E-state index contributed by atoms with van der Waals surface area (Å²) in [6.07, 6.45) is -0.488. The van der Waals surface area contributed by atoms with Crippen molar-refractivity contribution in [2.24, 2.45) is 0 Å². The molecule has 0 radical (unpaired) electrons. The summed E-state index contributed by atoms with van der Waals surface area (Å²) < 4.78 is 10.5. The molecule has 14 heavy (non-hydrogen) atoms. The molecule has 2 rings (SSSR count). The van der Waals surface area contributed by atoms with E-state index in [1.165, 1.54) is 0 Å². The van der Waals surface area contributed by atoms with E-state index in [-0.39, 0.29) is 12.1 Å². The van der Waals surface area contributed by atoms with Crippen molar-refractivity contribution in [3.63, 3.8) is 0 Å². The lowest BCUT2D eigenvalue weighted by molar-refractivity contribution is -0.127. The first-order chi connectivity index (χ1) is 6.68. The van der Waals surface area contributed by atoms with Crippen LogP contribution in [-0.2, 0) is 9.47 Å². The zero-order valence-corrected chi connectivity index (χ0v) is 8.19. The zero-order chi connectivity index (χ0) is 10.1. The van der Waals surface area contributed by atoms with E-state index in [2.05, 4.69) is 0 Å². The number of benzene rings is 1. The molecule has 1 aromatic rings. The van der Waals surface area contributed by atoms with Crippen LogP contribution in [0.15, 0.2) is 24.3 Å². The van der Waals surface area contributed by atoms with Gasteiger partial charge in [0.25, 0.3) is 0 Å². The van der Waals surface area contributed by atoms with Crippen molar-refractivity contribution in [2.45, 2.75) is 26.2 Å². The Morgan fingerprint density at radius 1 is 1.36 bits per heavy atom. The SMILES string of the molecule is CC(C)O[C@H]1OC(=O)c2ccccc21. The number of esters is 1. The Morgan fingerprint density at radius 2 is 2.07 bits per heavy atom. The van der Waals surface area contributed by atoms with Crippen LogP contribution in [0.25, 0.3) is 0 Å². The lowest BCUT2D eigenvalue weighted by atomic mass is 10.1. The maximum atomic E-state index is 11.4. The number of carbonyl (C=O) groups excluding carboxylic acids is 1. The Balaban J connectivity index is 2.30. The average Bonchev–Trinajstić information content (AvgIpc) is 2.44. The van der Waals surface area contributed by atoms with Crippen LogP contribution >= 0.6 is 0 Å². The minimum absolute atomic E-state index is 0.0407. The number of cyclic esters (lactones) is 1. The van der Waals surface area contributed by atoms with E-state index in [0.29, 0.717) is 5.56 Å². The van der Waals surface area contributed by atoms with Crippen molar-refractivity contribution >= 4 is 5.97 Å².